The summed E-state index contributed by atoms with van der Waals surface area (Å²) in [5.74, 6) is -0.454. The molecule has 150 valence electrons. The van der Waals surface area contributed by atoms with Gasteiger partial charge in [-0.25, -0.2) is 0 Å². The van der Waals surface area contributed by atoms with E-state index in [1.54, 1.807) is 0 Å². The zero-order valence-electron chi connectivity index (χ0n) is 15.7. The quantitative estimate of drug-likeness (QED) is 0.328. The lowest BCUT2D eigenvalue weighted by molar-refractivity contribution is -0.365. The van der Waals surface area contributed by atoms with Gasteiger partial charge in [0, 0.05) is 6.08 Å². The van der Waals surface area contributed by atoms with Gasteiger partial charge in [-0.15, -0.1) is 16.2 Å². The molecule has 0 saturated carbocycles. The molecule has 2 rings (SSSR count). The fourth-order valence-electron chi connectivity index (χ4n) is 3.14. The normalized spacial score (nSPS) is 27.7. The molecule has 27 heavy (non-hydrogen) atoms. The molecule has 2 heterocycles. The second kappa shape index (κ2) is 9.32. The highest BCUT2D eigenvalue weighted by Gasteiger charge is 2.51. The molecule has 2 amide bonds. The molecule has 0 unspecified atom stereocenters. The van der Waals surface area contributed by atoms with Gasteiger partial charge in [0.25, 0.3) is 5.90 Å². The van der Waals surface area contributed by atoms with Gasteiger partial charge in [0.1, 0.15) is 18.9 Å². The van der Waals surface area contributed by atoms with E-state index in [4.69, 9.17) is 26.5 Å². The number of halogens is 1. The molecule has 0 aromatic heterocycles. The number of urea groups is 1. The van der Waals surface area contributed by atoms with Gasteiger partial charge >= 0.3 is 12.0 Å². The number of amidine groups is 1. The van der Waals surface area contributed by atoms with Gasteiger partial charge in [0.15, 0.2) is 5.60 Å². The number of alkyl halides is 1. The van der Waals surface area contributed by atoms with Crippen molar-refractivity contribution in [3.8, 4) is 0 Å². The van der Waals surface area contributed by atoms with Crippen molar-refractivity contribution in [2.75, 3.05) is 12.5 Å². The summed E-state index contributed by atoms with van der Waals surface area (Å²) in [6.45, 7) is 3.83. The molecule has 2 aliphatic heterocycles. The highest BCUT2D eigenvalue weighted by Crippen LogP contribution is 2.31. The number of carbonyl (C=O) groups is 2. The van der Waals surface area contributed by atoms with Crippen LogP contribution in [0.25, 0.3) is 0 Å². The summed E-state index contributed by atoms with van der Waals surface area (Å²) < 4.78 is 12.4. The Balaban J connectivity index is 2.12. The standard InChI is InChI=1S/C18H26ClN3O5/c1-3-5-12(6-4-2)16(24)26-11-18(10-19)13(23)9-15(27-18)22-8-7-14(20)21-17(22)25/h7-8,12-13,23H,3-6,9-11H2,1-2H3,(H-,20,21,25)/p+1/b22-15+/t13-,18+/m0/s1. The summed E-state index contributed by atoms with van der Waals surface area (Å²) in [6, 6.07) is -0.557. The molecule has 0 aliphatic carbocycles. The average molecular weight is 401 g/mol. The minimum Gasteiger partial charge on any atom is -0.461 e. The lowest BCUT2D eigenvalue weighted by Gasteiger charge is -2.28. The first-order chi connectivity index (χ1) is 12.9. The number of amides is 2. The summed E-state index contributed by atoms with van der Waals surface area (Å²) in [4.78, 5) is 24.4. The lowest BCUT2D eigenvalue weighted by Crippen LogP contribution is -2.47. The number of hydrogen-bond donors (Lipinski definition) is 3. The van der Waals surface area contributed by atoms with Crippen LogP contribution in [0.3, 0.4) is 0 Å². The predicted molar refractivity (Wildman–Crippen MR) is 100 cm³/mol. The van der Waals surface area contributed by atoms with Crippen LogP contribution >= 0.6 is 11.6 Å². The number of aliphatic hydroxyl groups is 1. The number of carbonyl (C=O) groups excluding carboxylic acids is 2. The Morgan fingerprint density at radius 2 is 2.19 bits per heavy atom. The molecule has 0 bridgehead atoms. The molecule has 0 radical (unpaired) electrons. The number of rotatable bonds is 8. The average Bonchev–Trinajstić information content (AvgIpc) is 2.96. The Kier molecular flexibility index (Phi) is 7.38. The summed E-state index contributed by atoms with van der Waals surface area (Å²) in [5.41, 5.74) is -1.31. The lowest BCUT2D eigenvalue weighted by atomic mass is 9.98. The molecular weight excluding hydrogens is 374 g/mol. The summed E-state index contributed by atoms with van der Waals surface area (Å²) in [5, 5.41) is 20.3. The smallest absolute Gasteiger partial charge is 0.461 e. The Morgan fingerprint density at radius 1 is 1.52 bits per heavy atom. The van der Waals surface area contributed by atoms with Crippen molar-refractivity contribution in [1.82, 2.24) is 5.32 Å². The van der Waals surface area contributed by atoms with E-state index >= 15 is 0 Å². The van der Waals surface area contributed by atoms with Gasteiger partial charge in [-0.2, -0.15) is 10.1 Å². The predicted octanol–water partition coefficient (Wildman–Crippen LogP) is 2.13. The Hall–Kier alpha value is -1.93. The summed E-state index contributed by atoms with van der Waals surface area (Å²) in [7, 11) is 0. The summed E-state index contributed by atoms with van der Waals surface area (Å²) in [6.07, 6.45) is 5.03. The van der Waals surface area contributed by atoms with Crippen LogP contribution in [-0.2, 0) is 14.3 Å². The second-order valence-corrected chi connectivity index (χ2v) is 7.09. The van der Waals surface area contributed by atoms with E-state index in [0.29, 0.717) is 0 Å². The third-order valence-corrected chi connectivity index (χ3v) is 5.16. The minimum atomic E-state index is -1.31. The first-order valence-corrected chi connectivity index (χ1v) is 9.72. The molecule has 2 aliphatic rings. The van der Waals surface area contributed by atoms with Gasteiger partial charge in [0.2, 0.25) is 5.84 Å². The van der Waals surface area contributed by atoms with Crippen LogP contribution in [0.4, 0.5) is 4.79 Å². The molecule has 3 N–H and O–H groups in total. The Bertz CT molecular complexity index is 657. The molecule has 0 aromatic carbocycles. The number of nitrogens with zero attached hydrogens (tertiary/aromatic N) is 1. The van der Waals surface area contributed by atoms with Gasteiger partial charge < -0.3 is 14.6 Å². The topological polar surface area (TPSA) is 112 Å². The van der Waals surface area contributed by atoms with Crippen molar-refractivity contribution in [2.24, 2.45) is 5.92 Å². The van der Waals surface area contributed by atoms with Gasteiger partial charge in [0.05, 0.1) is 18.2 Å². The van der Waals surface area contributed by atoms with Crippen LogP contribution in [0, 0.1) is 11.3 Å². The first-order valence-electron chi connectivity index (χ1n) is 9.19. The van der Waals surface area contributed by atoms with Crippen LogP contribution in [0.2, 0.25) is 0 Å². The highest BCUT2D eigenvalue weighted by atomic mass is 35.5. The number of ether oxygens (including phenoxy) is 2. The fraction of sp³-hybridized carbons (Fsp3) is 0.667. The maximum Gasteiger partial charge on any atom is 0.504 e. The molecule has 8 nitrogen and oxygen atoms in total. The first kappa shape index (κ1) is 21.4. The Morgan fingerprint density at radius 3 is 2.74 bits per heavy atom. The molecule has 0 spiro atoms. The highest BCUT2D eigenvalue weighted by molar-refractivity contribution is 6.19. The van der Waals surface area contributed by atoms with Gasteiger partial charge in [-0.3, -0.25) is 10.2 Å². The molecule has 2 atom stereocenters. The van der Waals surface area contributed by atoms with E-state index in [2.05, 4.69) is 5.32 Å². The SMILES string of the molecule is CCCC(CCC)C(=O)OC[C@@]1(CCl)O/C(=[N+]2\C=CC(=N)NC2=O)C[C@@H]1O. The molecule has 9 heteroatoms. The zero-order chi connectivity index (χ0) is 20.0. The largest absolute Gasteiger partial charge is 0.504 e. The van der Waals surface area contributed by atoms with E-state index in [1.165, 1.54) is 16.9 Å². The molecular formula is C18H27ClN3O5+. The van der Waals surface area contributed by atoms with E-state index in [1.807, 2.05) is 13.8 Å². The summed E-state index contributed by atoms with van der Waals surface area (Å²) >= 11 is 6.05. The van der Waals surface area contributed by atoms with Crippen molar-refractivity contribution in [3.63, 3.8) is 0 Å². The van der Waals surface area contributed by atoms with Crippen LogP contribution in [0.1, 0.15) is 46.0 Å². The Labute approximate surface area is 163 Å². The number of hydrogen-bond acceptors (Lipinski definition) is 6. The third kappa shape index (κ3) is 4.87. The monoisotopic (exact) mass is 400 g/mol. The van der Waals surface area contributed by atoms with E-state index in [-0.39, 0.29) is 42.5 Å². The van der Waals surface area contributed by atoms with E-state index < -0.39 is 17.7 Å². The minimum absolute atomic E-state index is 0.0363. The fourth-order valence-corrected chi connectivity index (χ4v) is 3.45. The molecule has 0 aromatic rings. The van der Waals surface area contributed by atoms with Crippen LogP contribution < -0.4 is 5.32 Å². The van der Waals surface area contributed by atoms with Crippen molar-refractivity contribution in [2.45, 2.75) is 57.7 Å². The van der Waals surface area contributed by atoms with Gasteiger partial charge in [-0.1, -0.05) is 26.7 Å². The molecule has 1 fully saturated rings. The number of aliphatic hydroxyl groups excluding tert-OH is 1. The second-order valence-electron chi connectivity index (χ2n) is 6.83. The third-order valence-electron chi connectivity index (χ3n) is 4.71. The van der Waals surface area contributed by atoms with Crippen molar-refractivity contribution < 1.29 is 28.7 Å². The number of nitrogens with one attached hydrogen (secondary N) is 2. The van der Waals surface area contributed by atoms with E-state index in [0.717, 1.165) is 25.7 Å². The van der Waals surface area contributed by atoms with Gasteiger partial charge in [-0.05, 0) is 12.8 Å². The maximum atomic E-state index is 12.4. The van der Waals surface area contributed by atoms with Crippen LogP contribution in [-0.4, -0.2) is 57.6 Å². The van der Waals surface area contributed by atoms with Crippen LogP contribution in [0.5, 0.6) is 0 Å². The van der Waals surface area contributed by atoms with E-state index in [9.17, 15) is 14.7 Å². The number of esters is 1. The van der Waals surface area contributed by atoms with Crippen molar-refractivity contribution in [1.29, 1.82) is 5.41 Å². The van der Waals surface area contributed by atoms with Crippen molar-refractivity contribution in [3.05, 3.63) is 12.3 Å². The molecule has 1 saturated heterocycles. The zero-order valence-corrected chi connectivity index (χ0v) is 16.4. The maximum absolute atomic E-state index is 12.4. The van der Waals surface area contributed by atoms with Crippen LogP contribution in [0.15, 0.2) is 12.3 Å². The van der Waals surface area contributed by atoms with Crippen molar-refractivity contribution >= 4 is 35.3 Å².